The Balaban J connectivity index is 1.18. The fraction of sp³-hybridized carbons (Fsp3) is 0. The highest BCUT2D eigenvalue weighted by Crippen LogP contribution is 2.45. The minimum absolute atomic E-state index is 0.679. The van der Waals surface area contributed by atoms with Crippen LogP contribution in [0.2, 0.25) is 0 Å². The normalized spacial score (nSPS) is 11.6. The highest BCUT2D eigenvalue weighted by molar-refractivity contribution is 6.22. The van der Waals surface area contributed by atoms with E-state index in [2.05, 4.69) is 162 Å². The average molecular weight is 650 g/mol. The van der Waals surface area contributed by atoms with E-state index in [1.807, 2.05) is 24.3 Å². The van der Waals surface area contributed by atoms with Crippen molar-refractivity contribution < 1.29 is 4.79 Å². The smallest absolute Gasteiger partial charge is 0.150 e. The van der Waals surface area contributed by atoms with Gasteiger partial charge in [0, 0.05) is 22.0 Å². The van der Waals surface area contributed by atoms with Gasteiger partial charge in [0.1, 0.15) is 6.29 Å². The van der Waals surface area contributed by atoms with Crippen LogP contribution in [0.5, 0.6) is 0 Å². The summed E-state index contributed by atoms with van der Waals surface area (Å²) in [5.41, 5.74) is 11.2. The van der Waals surface area contributed by atoms with E-state index in [9.17, 15) is 4.79 Å². The van der Waals surface area contributed by atoms with Gasteiger partial charge in [-0.05, 0) is 108 Å². The second-order valence-corrected chi connectivity index (χ2v) is 13.3. The Labute approximate surface area is 295 Å². The van der Waals surface area contributed by atoms with Gasteiger partial charge in [-0.3, -0.25) is 4.79 Å². The fourth-order valence-electron chi connectivity index (χ4n) is 8.10. The Morgan fingerprint density at radius 3 is 1.59 bits per heavy atom. The first-order valence-electron chi connectivity index (χ1n) is 17.4. The van der Waals surface area contributed by atoms with Gasteiger partial charge in [-0.15, -0.1) is 0 Å². The summed E-state index contributed by atoms with van der Waals surface area (Å²) in [6, 6.07) is 65.2. The first-order chi connectivity index (χ1) is 25.2. The molecule has 0 atom stereocenters. The molecule has 10 aromatic rings. The standard InChI is InChI=1S/C49H31NO/c51-31-32-10-9-13-35(28-32)34-22-25-39(26-23-34)50-46-19-8-7-14-40(46)45-30-38(24-27-47(45)50)49-43-17-5-3-15-41(43)48(42-16-4-6-18-44(42)49)37-21-20-33-11-1-2-12-36(33)29-37/h1-31H. The van der Waals surface area contributed by atoms with Crippen LogP contribution in [0.3, 0.4) is 0 Å². The van der Waals surface area contributed by atoms with E-state index in [4.69, 9.17) is 0 Å². The number of carbonyl (C=O) groups is 1. The van der Waals surface area contributed by atoms with Gasteiger partial charge in [-0.25, -0.2) is 0 Å². The summed E-state index contributed by atoms with van der Waals surface area (Å²) in [4.78, 5) is 11.4. The lowest BCUT2D eigenvalue weighted by Gasteiger charge is -2.18. The number of rotatable bonds is 5. The Morgan fingerprint density at radius 1 is 0.353 bits per heavy atom. The average Bonchev–Trinajstić information content (AvgIpc) is 3.53. The molecule has 0 aliphatic carbocycles. The highest BCUT2D eigenvalue weighted by Gasteiger charge is 2.19. The maximum absolute atomic E-state index is 11.4. The third-order valence-electron chi connectivity index (χ3n) is 10.4. The van der Waals surface area contributed by atoms with Crippen molar-refractivity contribution in [2.45, 2.75) is 0 Å². The van der Waals surface area contributed by atoms with Gasteiger partial charge in [-0.2, -0.15) is 0 Å². The van der Waals surface area contributed by atoms with Gasteiger partial charge in [-0.1, -0.05) is 140 Å². The Morgan fingerprint density at radius 2 is 0.902 bits per heavy atom. The molecule has 0 aliphatic rings. The lowest BCUT2D eigenvalue weighted by Crippen LogP contribution is -1.94. The summed E-state index contributed by atoms with van der Waals surface area (Å²) in [6.07, 6.45) is 0.898. The zero-order valence-corrected chi connectivity index (χ0v) is 27.8. The molecule has 10 rings (SSSR count). The van der Waals surface area contributed by atoms with Gasteiger partial charge in [0.2, 0.25) is 0 Å². The molecule has 0 N–H and O–H groups in total. The highest BCUT2D eigenvalue weighted by atomic mass is 16.1. The monoisotopic (exact) mass is 649 g/mol. The maximum atomic E-state index is 11.4. The van der Waals surface area contributed by atoms with Gasteiger partial charge in [0.25, 0.3) is 0 Å². The van der Waals surface area contributed by atoms with Crippen molar-refractivity contribution in [2.24, 2.45) is 0 Å². The van der Waals surface area contributed by atoms with E-state index in [1.54, 1.807) is 0 Å². The fourth-order valence-corrected chi connectivity index (χ4v) is 8.10. The van der Waals surface area contributed by atoms with Crippen LogP contribution < -0.4 is 0 Å². The zero-order valence-electron chi connectivity index (χ0n) is 27.8. The number of aldehydes is 1. The lowest BCUT2D eigenvalue weighted by molar-refractivity contribution is 0.112. The number of hydrogen-bond acceptors (Lipinski definition) is 1. The van der Waals surface area contributed by atoms with E-state index in [-0.39, 0.29) is 0 Å². The van der Waals surface area contributed by atoms with E-state index in [0.29, 0.717) is 5.56 Å². The summed E-state index contributed by atoms with van der Waals surface area (Å²) in [6.45, 7) is 0. The van der Waals surface area contributed by atoms with Crippen molar-refractivity contribution in [1.82, 2.24) is 4.57 Å². The van der Waals surface area contributed by atoms with Crippen LogP contribution in [-0.2, 0) is 0 Å². The molecular weight excluding hydrogens is 619 g/mol. The predicted molar refractivity (Wildman–Crippen MR) is 215 cm³/mol. The lowest BCUT2D eigenvalue weighted by atomic mass is 9.85. The van der Waals surface area contributed by atoms with Crippen LogP contribution in [0.4, 0.5) is 0 Å². The molecule has 0 amide bonds. The van der Waals surface area contributed by atoms with Crippen LogP contribution in [0.25, 0.3) is 93.2 Å². The number of carbonyl (C=O) groups excluding carboxylic acids is 1. The summed E-state index contributed by atoms with van der Waals surface area (Å²) in [7, 11) is 0. The number of nitrogens with zero attached hydrogens (tertiary/aromatic N) is 1. The van der Waals surface area contributed by atoms with Crippen LogP contribution >= 0.6 is 0 Å². The van der Waals surface area contributed by atoms with Crippen molar-refractivity contribution in [1.29, 1.82) is 0 Å². The molecule has 9 aromatic carbocycles. The molecule has 0 spiro atoms. The van der Waals surface area contributed by atoms with Crippen LogP contribution in [0, 0.1) is 0 Å². The van der Waals surface area contributed by atoms with Crippen LogP contribution in [0.1, 0.15) is 10.4 Å². The molecule has 51 heavy (non-hydrogen) atoms. The van der Waals surface area contributed by atoms with E-state index in [0.717, 1.165) is 28.6 Å². The van der Waals surface area contributed by atoms with Gasteiger partial charge in [0.15, 0.2) is 0 Å². The molecule has 0 bridgehead atoms. The van der Waals surface area contributed by atoms with Crippen LogP contribution in [-0.4, -0.2) is 10.9 Å². The first kappa shape index (κ1) is 29.2. The molecule has 0 unspecified atom stereocenters. The Hall–Kier alpha value is -6.77. The predicted octanol–water partition coefficient (Wildman–Crippen LogP) is 13.1. The van der Waals surface area contributed by atoms with Gasteiger partial charge < -0.3 is 4.57 Å². The second-order valence-electron chi connectivity index (χ2n) is 13.3. The molecular formula is C49H31NO. The summed E-state index contributed by atoms with van der Waals surface area (Å²) < 4.78 is 2.36. The van der Waals surface area contributed by atoms with Crippen molar-refractivity contribution in [3.8, 4) is 39.1 Å². The topological polar surface area (TPSA) is 22.0 Å². The van der Waals surface area contributed by atoms with Crippen molar-refractivity contribution in [3.63, 3.8) is 0 Å². The minimum atomic E-state index is 0.679. The molecule has 0 saturated heterocycles. The van der Waals surface area contributed by atoms with Crippen LogP contribution in [0.15, 0.2) is 182 Å². The minimum Gasteiger partial charge on any atom is -0.309 e. The number of fused-ring (bicyclic) bond motifs is 6. The van der Waals surface area contributed by atoms with Crippen molar-refractivity contribution in [2.75, 3.05) is 0 Å². The van der Waals surface area contributed by atoms with E-state index >= 15 is 0 Å². The number of hydrogen-bond donors (Lipinski definition) is 0. The molecule has 0 fully saturated rings. The second kappa shape index (κ2) is 11.7. The van der Waals surface area contributed by atoms with E-state index < -0.39 is 0 Å². The third-order valence-corrected chi connectivity index (χ3v) is 10.4. The summed E-state index contributed by atoms with van der Waals surface area (Å²) >= 11 is 0. The summed E-state index contributed by atoms with van der Waals surface area (Å²) in [5, 5.41) is 9.94. The molecule has 238 valence electrons. The van der Waals surface area contributed by atoms with Gasteiger partial charge in [0.05, 0.1) is 11.0 Å². The molecule has 1 heterocycles. The molecule has 1 aromatic heterocycles. The summed E-state index contributed by atoms with van der Waals surface area (Å²) in [5.74, 6) is 0. The van der Waals surface area contributed by atoms with Crippen molar-refractivity contribution in [3.05, 3.63) is 188 Å². The Bertz CT molecular complexity index is 2930. The maximum Gasteiger partial charge on any atom is 0.150 e. The quantitative estimate of drug-likeness (QED) is 0.134. The number of benzene rings is 9. The molecule has 2 nitrogen and oxygen atoms in total. The van der Waals surface area contributed by atoms with Gasteiger partial charge >= 0.3 is 0 Å². The van der Waals surface area contributed by atoms with E-state index in [1.165, 1.54) is 70.9 Å². The number of aromatic nitrogens is 1. The number of para-hydroxylation sites is 1. The molecule has 0 saturated carbocycles. The van der Waals surface area contributed by atoms with Crippen molar-refractivity contribution >= 4 is 60.4 Å². The molecule has 0 radical (unpaired) electrons. The first-order valence-corrected chi connectivity index (χ1v) is 17.4. The third kappa shape index (κ3) is 4.69. The largest absolute Gasteiger partial charge is 0.309 e. The SMILES string of the molecule is O=Cc1cccc(-c2ccc(-n3c4ccccc4c4cc(-c5c6ccccc6c(-c6ccc7ccccc7c6)c6ccccc56)ccc43)cc2)c1. The zero-order chi connectivity index (χ0) is 33.9. The molecule has 2 heteroatoms. The molecule has 0 aliphatic heterocycles. The Kier molecular flexibility index (Phi) is 6.68.